The molecule has 1 amide bonds. The Kier molecular flexibility index (Phi) is 5.87. The van der Waals surface area contributed by atoms with Crippen LogP contribution in [0.2, 0.25) is 0 Å². The first-order chi connectivity index (χ1) is 13.0. The van der Waals surface area contributed by atoms with Crippen molar-refractivity contribution in [2.45, 2.75) is 31.7 Å². The van der Waals surface area contributed by atoms with Crippen molar-refractivity contribution in [2.75, 3.05) is 0 Å². The minimum absolute atomic E-state index is 0.0261. The Labute approximate surface area is 158 Å². The normalized spacial score (nSPS) is 13.1. The molecule has 0 aliphatic heterocycles. The zero-order valence-corrected chi connectivity index (χ0v) is 15.3. The van der Waals surface area contributed by atoms with E-state index in [9.17, 15) is 14.7 Å². The van der Waals surface area contributed by atoms with Gasteiger partial charge in [0.2, 0.25) is 5.91 Å². The van der Waals surface area contributed by atoms with Gasteiger partial charge in [0.1, 0.15) is 6.04 Å². The molecule has 0 bridgehead atoms. The molecule has 3 aromatic carbocycles. The molecular weight excluding hydrogens is 338 g/mol. The highest BCUT2D eigenvalue weighted by atomic mass is 16.4. The zero-order chi connectivity index (χ0) is 19.2. The number of aliphatic carboxylic acids is 1. The number of carboxylic acid groups (broad SMARTS) is 1. The third-order valence-corrected chi connectivity index (χ3v) is 4.80. The maximum absolute atomic E-state index is 12.4. The molecule has 0 aliphatic rings. The van der Waals surface area contributed by atoms with E-state index < -0.39 is 12.0 Å². The van der Waals surface area contributed by atoms with E-state index in [1.165, 1.54) is 0 Å². The summed E-state index contributed by atoms with van der Waals surface area (Å²) < 4.78 is 0. The summed E-state index contributed by atoms with van der Waals surface area (Å²) >= 11 is 0. The lowest BCUT2D eigenvalue weighted by atomic mass is 9.96. The van der Waals surface area contributed by atoms with Crippen LogP contribution in [0.25, 0.3) is 10.8 Å². The number of benzene rings is 3. The predicted molar refractivity (Wildman–Crippen MR) is 107 cm³/mol. The summed E-state index contributed by atoms with van der Waals surface area (Å²) in [6.45, 7) is 1.97. The highest BCUT2D eigenvalue weighted by Gasteiger charge is 2.22. The fourth-order valence-electron chi connectivity index (χ4n) is 3.32. The van der Waals surface area contributed by atoms with Crippen molar-refractivity contribution < 1.29 is 14.7 Å². The van der Waals surface area contributed by atoms with E-state index >= 15 is 0 Å². The van der Waals surface area contributed by atoms with Crippen LogP contribution in [-0.4, -0.2) is 23.0 Å². The maximum atomic E-state index is 12.4. The molecule has 4 heteroatoms. The van der Waals surface area contributed by atoms with Gasteiger partial charge in [0.05, 0.1) is 0 Å². The molecule has 27 heavy (non-hydrogen) atoms. The number of carbonyl (C=O) groups excluding carboxylic acids is 1. The zero-order valence-electron chi connectivity index (χ0n) is 15.3. The Morgan fingerprint density at radius 1 is 0.926 bits per heavy atom. The minimum Gasteiger partial charge on any atom is -0.480 e. The second-order valence-electron chi connectivity index (χ2n) is 6.82. The molecule has 0 spiro atoms. The standard InChI is InChI=1S/C23H23NO3/c1-16(17-8-3-2-4-9-17)14-22(25)24-21(23(26)27)15-19-12-7-11-18-10-5-6-13-20(18)19/h2-13,16,21H,14-15H2,1H3,(H,24,25)(H,26,27). The van der Waals surface area contributed by atoms with Gasteiger partial charge in [-0.25, -0.2) is 4.79 Å². The molecular formula is C23H23NO3. The summed E-state index contributed by atoms with van der Waals surface area (Å²) in [5, 5.41) is 14.4. The molecule has 2 N–H and O–H groups in total. The number of hydrogen-bond donors (Lipinski definition) is 2. The lowest BCUT2D eigenvalue weighted by molar-refractivity contribution is -0.141. The molecule has 2 atom stereocenters. The Bertz CT molecular complexity index is 931. The SMILES string of the molecule is CC(CC(=O)NC(Cc1cccc2ccccc12)C(=O)O)c1ccccc1. The van der Waals surface area contributed by atoms with Gasteiger partial charge in [-0.3, -0.25) is 4.79 Å². The minimum atomic E-state index is -1.02. The van der Waals surface area contributed by atoms with Crippen LogP contribution < -0.4 is 5.32 Å². The number of carboxylic acids is 1. The molecule has 3 aromatic rings. The number of nitrogens with one attached hydrogen (secondary N) is 1. The summed E-state index contributed by atoms with van der Waals surface area (Å²) in [6, 6.07) is 22.5. The van der Waals surface area contributed by atoms with Crippen LogP contribution in [0.4, 0.5) is 0 Å². The van der Waals surface area contributed by atoms with Crippen molar-refractivity contribution in [2.24, 2.45) is 0 Å². The van der Waals surface area contributed by atoms with Gasteiger partial charge in [-0.1, -0.05) is 79.7 Å². The van der Waals surface area contributed by atoms with Crippen molar-refractivity contribution in [1.29, 1.82) is 0 Å². The van der Waals surface area contributed by atoms with Gasteiger partial charge in [-0.15, -0.1) is 0 Å². The fraction of sp³-hybridized carbons (Fsp3) is 0.217. The van der Waals surface area contributed by atoms with Gasteiger partial charge >= 0.3 is 5.97 Å². The Hall–Kier alpha value is -3.14. The average Bonchev–Trinajstić information content (AvgIpc) is 2.68. The first-order valence-electron chi connectivity index (χ1n) is 9.08. The van der Waals surface area contributed by atoms with Crippen molar-refractivity contribution in [3.05, 3.63) is 83.9 Å². The number of carbonyl (C=O) groups is 2. The molecule has 0 fully saturated rings. The maximum Gasteiger partial charge on any atom is 0.326 e. The van der Waals surface area contributed by atoms with E-state index in [4.69, 9.17) is 0 Å². The van der Waals surface area contributed by atoms with Crippen molar-refractivity contribution >= 4 is 22.6 Å². The van der Waals surface area contributed by atoms with Gasteiger partial charge in [0.15, 0.2) is 0 Å². The summed E-state index contributed by atoms with van der Waals surface area (Å²) in [4.78, 5) is 24.1. The highest BCUT2D eigenvalue weighted by molar-refractivity contribution is 5.88. The van der Waals surface area contributed by atoms with Gasteiger partial charge in [-0.2, -0.15) is 0 Å². The molecule has 0 aliphatic carbocycles. The van der Waals surface area contributed by atoms with Crippen LogP contribution in [-0.2, 0) is 16.0 Å². The monoisotopic (exact) mass is 361 g/mol. The summed E-state index contributed by atoms with van der Waals surface area (Å²) in [5.41, 5.74) is 1.98. The van der Waals surface area contributed by atoms with Crippen LogP contribution in [0, 0.1) is 0 Å². The molecule has 0 aromatic heterocycles. The lowest BCUT2D eigenvalue weighted by Gasteiger charge is -2.18. The Morgan fingerprint density at radius 2 is 1.59 bits per heavy atom. The van der Waals surface area contributed by atoms with E-state index in [0.29, 0.717) is 0 Å². The predicted octanol–water partition coefficient (Wildman–Crippen LogP) is 4.15. The summed E-state index contributed by atoms with van der Waals surface area (Å²) in [5.74, 6) is -1.25. The number of rotatable bonds is 7. The smallest absolute Gasteiger partial charge is 0.326 e. The molecule has 2 unspecified atom stereocenters. The Balaban J connectivity index is 1.70. The first-order valence-corrected chi connectivity index (χ1v) is 9.08. The van der Waals surface area contributed by atoms with Gasteiger partial charge < -0.3 is 10.4 Å². The highest BCUT2D eigenvalue weighted by Crippen LogP contribution is 2.21. The molecule has 4 nitrogen and oxygen atoms in total. The van der Waals surface area contributed by atoms with Gasteiger partial charge in [0, 0.05) is 12.8 Å². The molecule has 0 saturated carbocycles. The van der Waals surface area contributed by atoms with Crippen LogP contribution in [0.3, 0.4) is 0 Å². The molecule has 0 saturated heterocycles. The van der Waals surface area contributed by atoms with Crippen molar-refractivity contribution in [1.82, 2.24) is 5.32 Å². The molecule has 0 radical (unpaired) electrons. The van der Waals surface area contributed by atoms with E-state index in [1.807, 2.05) is 79.7 Å². The van der Waals surface area contributed by atoms with E-state index in [-0.39, 0.29) is 24.7 Å². The van der Waals surface area contributed by atoms with E-state index in [0.717, 1.165) is 21.9 Å². The third kappa shape index (κ3) is 4.73. The quantitative estimate of drug-likeness (QED) is 0.664. The second kappa shape index (κ2) is 8.49. The molecule has 138 valence electrons. The van der Waals surface area contributed by atoms with E-state index in [1.54, 1.807) is 0 Å². The van der Waals surface area contributed by atoms with E-state index in [2.05, 4.69) is 5.32 Å². The van der Waals surface area contributed by atoms with Crippen LogP contribution in [0.1, 0.15) is 30.4 Å². The first kappa shape index (κ1) is 18.6. The van der Waals surface area contributed by atoms with Gasteiger partial charge in [-0.05, 0) is 27.8 Å². The summed E-state index contributed by atoms with van der Waals surface area (Å²) in [7, 11) is 0. The molecule has 0 heterocycles. The van der Waals surface area contributed by atoms with Gasteiger partial charge in [0.25, 0.3) is 0 Å². The largest absolute Gasteiger partial charge is 0.480 e. The Morgan fingerprint density at radius 3 is 2.33 bits per heavy atom. The topological polar surface area (TPSA) is 66.4 Å². The number of hydrogen-bond acceptors (Lipinski definition) is 2. The third-order valence-electron chi connectivity index (χ3n) is 4.80. The number of amides is 1. The number of fused-ring (bicyclic) bond motifs is 1. The van der Waals surface area contributed by atoms with Crippen molar-refractivity contribution in [3.63, 3.8) is 0 Å². The summed E-state index contributed by atoms with van der Waals surface area (Å²) in [6.07, 6.45) is 0.505. The van der Waals surface area contributed by atoms with Crippen LogP contribution >= 0.6 is 0 Å². The average molecular weight is 361 g/mol. The lowest BCUT2D eigenvalue weighted by Crippen LogP contribution is -2.42. The van der Waals surface area contributed by atoms with Crippen LogP contribution in [0.5, 0.6) is 0 Å². The van der Waals surface area contributed by atoms with Crippen molar-refractivity contribution in [3.8, 4) is 0 Å². The second-order valence-corrected chi connectivity index (χ2v) is 6.82. The molecule has 3 rings (SSSR count). The van der Waals surface area contributed by atoms with Crippen LogP contribution in [0.15, 0.2) is 72.8 Å². The fourth-order valence-corrected chi connectivity index (χ4v) is 3.32.